The van der Waals surface area contributed by atoms with Crippen LogP contribution in [0.2, 0.25) is 0 Å². The number of carbonyl (C=O) groups is 1. The Morgan fingerprint density at radius 3 is 2.63 bits per heavy atom. The van der Waals surface area contributed by atoms with Gasteiger partial charge in [0.25, 0.3) is 0 Å². The van der Waals surface area contributed by atoms with Gasteiger partial charge in [-0.05, 0) is 40.6 Å². The fraction of sp³-hybridized carbons (Fsp3) is 0.227. The summed E-state index contributed by atoms with van der Waals surface area (Å²) in [6.07, 6.45) is -0.564. The molecule has 4 rings (SSSR count). The van der Waals surface area contributed by atoms with Crippen LogP contribution < -0.4 is 9.64 Å². The lowest BCUT2D eigenvalue weighted by atomic mass is 10.1. The Bertz CT molecular complexity index is 941. The SMILES string of the molecule is COC[C@@H]1CN(c2ccc3cc(OCc4ccccc4)ccc3c2)C(=O)O1. The molecule has 5 nitrogen and oxygen atoms in total. The number of amides is 1. The summed E-state index contributed by atoms with van der Waals surface area (Å²) in [5.74, 6) is 0.819. The molecule has 0 unspecified atom stereocenters. The van der Waals surface area contributed by atoms with Gasteiger partial charge in [-0.25, -0.2) is 4.79 Å². The van der Waals surface area contributed by atoms with Crippen molar-refractivity contribution in [3.63, 3.8) is 0 Å². The number of anilines is 1. The van der Waals surface area contributed by atoms with E-state index in [0.717, 1.165) is 27.8 Å². The van der Waals surface area contributed by atoms with Crippen LogP contribution in [0, 0.1) is 0 Å². The second-order valence-corrected chi connectivity index (χ2v) is 6.54. The number of nitrogens with zero attached hydrogens (tertiary/aromatic N) is 1. The first-order chi connectivity index (χ1) is 13.2. The highest BCUT2D eigenvalue weighted by Gasteiger charge is 2.32. The van der Waals surface area contributed by atoms with Crippen LogP contribution in [0.15, 0.2) is 66.7 Å². The van der Waals surface area contributed by atoms with Gasteiger partial charge in [0.1, 0.15) is 18.5 Å². The Kier molecular flexibility index (Phi) is 4.94. The van der Waals surface area contributed by atoms with Crippen LogP contribution in [0.5, 0.6) is 5.75 Å². The molecule has 0 saturated carbocycles. The quantitative estimate of drug-likeness (QED) is 0.652. The van der Waals surface area contributed by atoms with Crippen LogP contribution in [0.4, 0.5) is 10.5 Å². The third-order valence-electron chi connectivity index (χ3n) is 4.58. The Hall–Kier alpha value is -3.05. The maximum absolute atomic E-state index is 12.1. The number of fused-ring (bicyclic) bond motifs is 1. The number of ether oxygens (including phenoxy) is 3. The van der Waals surface area contributed by atoms with Crippen molar-refractivity contribution < 1.29 is 19.0 Å². The molecule has 0 bridgehead atoms. The molecule has 3 aromatic rings. The van der Waals surface area contributed by atoms with Gasteiger partial charge in [0.2, 0.25) is 0 Å². The van der Waals surface area contributed by atoms with Gasteiger partial charge in [-0.3, -0.25) is 4.90 Å². The predicted octanol–water partition coefficient (Wildman–Crippen LogP) is 4.39. The minimum absolute atomic E-state index is 0.230. The summed E-state index contributed by atoms with van der Waals surface area (Å²) in [6.45, 7) is 1.43. The van der Waals surface area contributed by atoms with Crippen LogP contribution in [-0.2, 0) is 16.1 Å². The molecular formula is C22H21NO4. The molecule has 0 aliphatic carbocycles. The van der Waals surface area contributed by atoms with E-state index in [1.165, 1.54) is 0 Å². The maximum atomic E-state index is 12.1. The van der Waals surface area contributed by atoms with Crippen molar-refractivity contribution in [3.8, 4) is 5.75 Å². The first-order valence-electron chi connectivity index (χ1n) is 8.90. The summed E-state index contributed by atoms with van der Waals surface area (Å²) in [6, 6.07) is 22.0. The molecule has 1 fully saturated rings. The first kappa shape index (κ1) is 17.4. The van der Waals surface area contributed by atoms with Crippen LogP contribution in [0.3, 0.4) is 0 Å². The lowest BCUT2D eigenvalue weighted by Crippen LogP contribution is -2.25. The molecule has 27 heavy (non-hydrogen) atoms. The number of rotatable bonds is 6. The van der Waals surface area contributed by atoms with Crippen molar-refractivity contribution in [3.05, 3.63) is 72.3 Å². The molecule has 1 aliphatic rings. The fourth-order valence-corrected chi connectivity index (χ4v) is 3.21. The number of benzene rings is 3. The van der Waals surface area contributed by atoms with E-state index in [2.05, 4.69) is 0 Å². The van der Waals surface area contributed by atoms with Crippen LogP contribution in [0.1, 0.15) is 5.56 Å². The summed E-state index contributed by atoms with van der Waals surface area (Å²) >= 11 is 0. The third kappa shape index (κ3) is 3.88. The highest BCUT2D eigenvalue weighted by molar-refractivity contribution is 5.94. The van der Waals surface area contributed by atoms with Crippen LogP contribution in [-0.4, -0.2) is 32.5 Å². The summed E-state index contributed by atoms with van der Waals surface area (Å²) in [4.78, 5) is 13.7. The first-order valence-corrected chi connectivity index (χ1v) is 8.90. The lowest BCUT2D eigenvalue weighted by molar-refractivity contribution is 0.0718. The van der Waals surface area contributed by atoms with Crippen molar-refractivity contribution in [2.24, 2.45) is 0 Å². The van der Waals surface area contributed by atoms with E-state index in [1.807, 2.05) is 66.7 Å². The molecule has 5 heteroatoms. The number of hydrogen-bond donors (Lipinski definition) is 0. The molecule has 138 valence electrons. The molecule has 1 aliphatic heterocycles. The van der Waals surface area contributed by atoms with E-state index >= 15 is 0 Å². The Labute approximate surface area is 158 Å². The minimum atomic E-state index is -0.334. The molecule has 1 amide bonds. The van der Waals surface area contributed by atoms with Gasteiger partial charge in [0.05, 0.1) is 13.2 Å². The van der Waals surface area contributed by atoms with E-state index in [1.54, 1.807) is 12.0 Å². The topological polar surface area (TPSA) is 48.0 Å². The van der Waals surface area contributed by atoms with E-state index in [0.29, 0.717) is 19.8 Å². The maximum Gasteiger partial charge on any atom is 0.414 e. The predicted molar refractivity (Wildman–Crippen MR) is 104 cm³/mol. The zero-order chi connectivity index (χ0) is 18.6. The highest BCUT2D eigenvalue weighted by Crippen LogP contribution is 2.28. The van der Waals surface area contributed by atoms with Crippen LogP contribution >= 0.6 is 0 Å². The molecule has 0 radical (unpaired) electrons. The van der Waals surface area contributed by atoms with Gasteiger partial charge in [-0.2, -0.15) is 0 Å². The minimum Gasteiger partial charge on any atom is -0.489 e. The summed E-state index contributed by atoms with van der Waals surface area (Å²) < 4.78 is 16.3. The van der Waals surface area contributed by atoms with Crippen LogP contribution in [0.25, 0.3) is 10.8 Å². The molecule has 0 aromatic heterocycles. The molecular weight excluding hydrogens is 342 g/mol. The second kappa shape index (κ2) is 7.68. The fourth-order valence-electron chi connectivity index (χ4n) is 3.21. The molecule has 1 heterocycles. The molecule has 1 saturated heterocycles. The summed E-state index contributed by atoms with van der Waals surface area (Å²) in [7, 11) is 1.60. The van der Waals surface area contributed by atoms with E-state index in [9.17, 15) is 4.79 Å². The number of hydrogen-bond acceptors (Lipinski definition) is 4. The largest absolute Gasteiger partial charge is 0.489 e. The van der Waals surface area contributed by atoms with E-state index < -0.39 is 0 Å². The van der Waals surface area contributed by atoms with Gasteiger partial charge in [0, 0.05) is 12.8 Å². The Morgan fingerprint density at radius 2 is 1.81 bits per heavy atom. The second-order valence-electron chi connectivity index (χ2n) is 6.54. The zero-order valence-corrected chi connectivity index (χ0v) is 15.1. The van der Waals surface area contributed by atoms with Crippen molar-refractivity contribution in [1.29, 1.82) is 0 Å². The standard InChI is InChI=1S/C22H21NO4/c1-25-15-21-13-23(22(24)27-21)19-9-7-18-12-20(10-8-17(18)11-19)26-14-16-5-3-2-4-6-16/h2-12,21H,13-15H2,1H3/t21-/m0/s1. The molecule has 0 spiro atoms. The van der Waals surface area contributed by atoms with Gasteiger partial charge in [-0.15, -0.1) is 0 Å². The molecule has 3 aromatic carbocycles. The van der Waals surface area contributed by atoms with E-state index in [4.69, 9.17) is 14.2 Å². The summed E-state index contributed by atoms with van der Waals surface area (Å²) in [5, 5.41) is 2.10. The average Bonchev–Trinajstić information content (AvgIpc) is 3.07. The number of methoxy groups -OCH3 is 1. The summed E-state index contributed by atoms with van der Waals surface area (Å²) in [5.41, 5.74) is 1.95. The highest BCUT2D eigenvalue weighted by atomic mass is 16.6. The third-order valence-corrected chi connectivity index (χ3v) is 4.58. The van der Waals surface area contributed by atoms with Gasteiger partial charge in [-0.1, -0.05) is 42.5 Å². The normalized spacial score (nSPS) is 16.6. The molecule has 1 atom stereocenters. The monoisotopic (exact) mass is 363 g/mol. The van der Waals surface area contributed by atoms with Gasteiger partial charge >= 0.3 is 6.09 Å². The van der Waals surface area contributed by atoms with Gasteiger partial charge in [0.15, 0.2) is 0 Å². The number of carbonyl (C=O) groups excluding carboxylic acids is 1. The average molecular weight is 363 g/mol. The van der Waals surface area contributed by atoms with Crippen molar-refractivity contribution in [1.82, 2.24) is 0 Å². The lowest BCUT2D eigenvalue weighted by Gasteiger charge is -2.14. The van der Waals surface area contributed by atoms with E-state index in [-0.39, 0.29) is 12.2 Å². The Balaban J connectivity index is 1.50. The van der Waals surface area contributed by atoms with Crippen molar-refractivity contribution >= 4 is 22.6 Å². The Morgan fingerprint density at radius 1 is 1.04 bits per heavy atom. The van der Waals surface area contributed by atoms with Crippen molar-refractivity contribution in [2.75, 3.05) is 25.2 Å². The zero-order valence-electron chi connectivity index (χ0n) is 15.1. The smallest absolute Gasteiger partial charge is 0.414 e. The van der Waals surface area contributed by atoms with Crippen molar-refractivity contribution in [2.45, 2.75) is 12.7 Å². The van der Waals surface area contributed by atoms with Gasteiger partial charge < -0.3 is 14.2 Å². The number of cyclic esters (lactones) is 1. The molecule has 0 N–H and O–H groups in total.